The van der Waals surface area contributed by atoms with Gasteiger partial charge in [0, 0.05) is 27.2 Å². The number of hydrogen-bond donors (Lipinski definition) is 0. The lowest BCUT2D eigenvalue weighted by Gasteiger charge is -2.33. The normalized spacial score (nSPS) is 12.5. The number of benzene rings is 11. The zero-order chi connectivity index (χ0) is 44.2. The highest BCUT2D eigenvalue weighted by molar-refractivity contribution is 6.98. The number of anilines is 3. The van der Waals surface area contributed by atoms with E-state index in [2.05, 4.69) is 241 Å². The molecular weight excluding hydrogens is 785 g/mol. The Bertz CT molecular complexity index is 3800. The molecule has 11 aromatic carbocycles. The van der Waals surface area contributed by atoms with Crippen molar-refractivity contribution in [3.63, 3.8) is 0 Å². The van der Waals surface area contributed by atoms with Gasteiger partial charge in [-0.1, -0.05) is 216 Å². The van der Waals surface area contributed by atoms with Crippen LogP contribution in [0.25, 0.3) is 75.8 Å². The van der Waals surface area contributed by atoms with Crippen LogP contribution in [-0.2, 0) is 10.8 Å². The maximum absolute atomic E-state index is 6.86. The van der Waals surface area contributed by atoms with Crippen molar-refractivity contribution in [2.24, 2.45) is 0 Å². The van der Waals surface area contributed by atoms with Crippen molar-refractivity contribution in [3.8, 4) is 0 Å². The fourth-order valence-electron chi connectivity index (χ4n) is 11.0. The molecule has 0 saturated heterocycles. The van der Waals surface area contributed by atoms with Crippen LogP contribution in [-0.4, -0.2) is 6.71 Å². The summed E-state index contributed by atoms with van der Waals surface area (Å²) in [5.74, 6) is 0. The molecule has 0 N–H and O–H groups in total. The van der Waals surface area contributed by atoms with Crippen molar-refractivity contribution in [1.29, 1.82) is 0 Å². The first-order chi connectivity index (χ1) is 31.5. The first-order valence-electron chi connectivity index (χ1n) is 23.0. The fraction of sp³-hybridized carbons (Fsp3) is 0.129. The van der Waals surface area contributed by atoms with Crippen LogP contribution in [0.1, 0.15) is 52.7 Å². The predicted octanol–water partition coefficient (Wildman–Crippen LogP) is 15.4. The smallest absolute Gasteiger partial charge is 0.246 e. The first-order valence-corrected chi connectivity index (χ1v) is 23.0. The Hall–Kier alpha value is -7.36. The van der Waals surface area contributed by atoms with Crippen molar-refractivity contribution in [2.45, 2.75) is 52.4 Å². The van der Waals surface area contributed by atoms with Crippen molar-refractivity contribution in [1.82, 2.24) is 0 Å². The molecule has 0 spiro atoms. The largest absolute Gasteiger partial charge is 0.457 e. The summed E-state index contributed by atoms with van der Waals surface area (Å²) in [4.78, 5) is 2.54. The Kier molecular flexibility index (Phi) is 8.81. The Morgan fingerprint density at radius 3 is 1.65 bits per heavy atom. The molecule has 12 rings (SSSR count). The summed E-state index contributed by atoms with van der Waals surface area (Å²) in [6, 6.07) is 72.1. The van der Waals surface area contributed by atoms with Gasteiger partial charge in [0.25, 0.3) is 0 Å². The topological polar surface area (TPSA) is 16.4 Å². The minimum absolute atomic E-state index is 0.0996. The maximum Gasteiger partial charge on any atom is 0.246 e. The third kappa shape index (κ3) is 6.16. The van der Waals surface area contributed by atoms with Gasteiger partial charge in [-0.3, -0.25) is 0 Å². The summed E-state index contributed by atoms with van der Waals surface area (Å²) < 4.78 is 6.86. The third-order valence-electron chi connectivity index (χ3n) is 14.0. The molecule has 0 fully saturated rings. The molecule has 0 aliphatic rings. The molecule has 2 nitrogen and oxygen atoms in total. The van der Waals surface area contributed by atoms with Gasteiger partial charge in [-0.2, -0.15) is 0 Å². The first kappa shape index (κ1) is 39.3. The summed E-state index contributed by atoms with van der Waals surface area (Å²) in [7, 11) is 0. The van der Waals surface area contributed by atoms with E-state index in [9.17, 15) is 0 Å². The van der Waals surface area contributed by atoms with Gasteiger partial charge in [-0.25, -0.2) is 0 Å². The van der Waals surface area contributed by atoms with Gasteiger partial charge < -0.3 is 9.32 Å². The SMILES string of the molecule is CC(C)(C)c1cc(B(c2ccccc2)c2cccc3c2oc2ccccc23)c2ccc3c(C(C)(C)C)cc(N(c4ccccc4)c4cc5ccccc5c5ccccc45)c4ccc1c2c43. The second-order valence-electron chi connectivity index (χ2n) is 20.0. The molecule has 0 radical (unpaired) electrons. The number of hydrogen-bond acceptors (Lipinski definition) is 2. The highest BCUT2D eigenvalue weighted by atomic mass is 16.3. The average Bonchev–Trinajstić information content (AvgIpc) is 3.71. The molecule has 312 valence electrons. The molecule has 1 aromatic heterocycles. The van der Waals surface area contributed by atoms with E-state index < -0.39 is 0 Å². The Balaban J connectivity index is 1.24. The molecule has 0 atom stereocenters. The van der Waals surface area contributed by atoms with E-state index in [4.69, 9.17) is 4.42 Å². The highest BCUT2D eigenvalue weighted by Gasteiger charge is 2.33. The molecule has 0 saturated carbocycles. The Morgan fingerprint density at radius 1 is 0.385 bits per heavy atom. The molecule has 0 amide bonds. The summed E-state index contributed by atoms with van der Waals surface area (Å²) in [5.41, 5.74) is 11.4. The quantitative estimate of drug-likeness (QED) is 0.123. The zero-order valence-corrected chi connectivity index (χ0v) is 37.9. The van der Waals surface area contributed by atoms with E-state index in [0.717, 1.165) is 27.6 Å². The minimum Gasteiger partial charge on any atom is -0.457 e. The van der Waals surface area contributed by atoms with Gasteiger partial charge in [-0.15, -0.1) is 0 Å². The molecule has 0 aliphatic heterocycles. The monoisotopic (exact) mass is 835 g/mol. The predicted molar refractivity (Wildman–Crippen MR) is 282 cm³/mol. The van der Waals surface area contributed by atoms with E-state index >= 15 is 0 Å². The number of para-hydroxylation sites is 3. The summed E-state index contributed by atoms with van der Waals surface area (Å²) in [6.07, 6.45) is 0. The van der Waals surface area contributed by atoms with Crippen molar-refractivity contribution in [3.05, 3.63) is 205 Å². The average molecular weight is 836 g/mol. The van der Waals surface area contributed by atoms with Crippen molar-refractivity contribution in [2.75, 3.05) is 4.90 Å². The lowest BCUT2D eigenvalue weighted by Crippen LogP contribution is -2.52. The summed E-state index contributed by atoms with van der Waals surface area (Å²) in [6.45, 7) is 14.1. The Labute approximate surface area is 381 Å². The fourth-order valence-corrected chi connectivity index (χ4v) is 11.0. The van der Waals surface area contributed by atoms with E-state index in [0.29, 0.717) is 0 Å². The van der Waals surface area contributed by atoms with Crippen LogP contribution in [0.2, 0.25) is 0 Å². The molecule has 0 bridgehead atoms. The van der Waals surface area contributed by atoms with Gasteiger partial charge in [-0.05, 0) is 101 Å². The van der Waals surface area contributed by atoms with Crippen molar-refractivity contribution >= 4 is 116 Å². The minimum atomic E-state index is -0.163. The van der Waals surface area contributed by atoms with Crippen LogP contribution >= 0.6 is 0 Å². The van der Waals surface area contributed by atoms with Gasteiger partial charge >= 0.3 is 0 Å². The van der Waals surface area contributed by atoms with Crippen LogP contribution in [0.3, 0.4) is 0 Å². The Morgan fingerprint density at radius 2 is 0.923 bits per heavy atom. The number of furan rings is 1. The molecule has 0 aliphatic carbocycles. The lowest BCUT2D eigenvalue weighted by atomic mass is 9.36. The zero-order valence-electron chi connectivity index (χ0n) is 37.9. The van der Waals surface area contributed by atoms with E-state index in [1.54, 1.807) is 0 Å². The molecular formula is C62H50BNO. The molecule has 3 heteroatoms. The van der Waals surface area contributed by atoms with Crippen LogP contribution in [0, 0.1) is 0 Å². The van der Waals surface area contributed by atoms with Gasteiger partial charge in [0.05, 0.1) is 11.4 Å². The van der Waals surface area contributed by atoms with Crippen LogP contribution in [0.5, 0.6) is 0 Å². The lowest BCUT2D eigenvalue weighted by molar-refractivity contribution is 0.595. The van der Waals surface area contributed by atoms with E-state index in [-0.39, 0.29) is 17.5 Å². The highest BCUT2D eigenvalue weighted by Crippen LogP contribution is 2.50. The van der Waals surface area contributed by atoms with E-state index in [1.807, 2.05) is 0 Å². The second-order valence-corrected chi connectivity index (χ2v) is 20.0. The van der Waals surface area contributed by atoms with Crippen molar-refractivity contribution < 1.29 is 4.42 Å². The molecule has 1 heterocycles. The molecule has 0 unspecified atom stereocenters. The molecule has 65 heavy (non-hydrogen) atoms. The maximum atomic E-state index is 6.86. The van der Waals surface area contributed by atoms with Gasteiger partial charge in [0.1, 0.15) is 11.2 Å². The second kappa shape index (κ2) is 14.6. The molecule has 12 aromatic rings. The number of nitrogens with zero attached hydrogens (tertiary/aromatic N) is 1. The number of rotatable bonds is 6. The standard InChI is InChI=1S/C62H50BNO/c1-61(2,3)51-37-54(63(40-21-9-7-10-22-40)53-30-19-29-46-45-28-17-18-31-57(45)65-60(46)53)49-34-32-48-52(62(4,5)6)38-56(50-35-33-47(51)58(49)59(48)50)64(41-23-11-8-12-24-41)55-36-39-20-13-14-25-42(39)43-26-15-16-27-44(43)55/h7-38H,1-6H3. The number of fused-ring (bicyclic) bond motifs is 6. The van der Waals surface area contributed by atoms with Crippen LogP contribution in [0.4, 0.5) is 17.1 Å². The third-order valence-corrected chi connectivity index (χ3v) is 14.0. The van der Waals surface area contributed by atoms with Crippen LogP contribution in [0.15, 0.2) is 199 Å². The van der Waals surface area contributed by atoms with Gasteiger partial charge in [0.15, 0.2) is 0 Å². The van der Waals surface area contributed by atoms with Gasteiger partial charge in [0.2, 0.25) is 6.71 Å². The van der Waals surface area contributed by atoms with E-state index in [1.165, 1.54) is 92.8 Å². The summed E-state index contributed by atoms with van der Waals surface area (Å²) >= 11 is 0. The summed E-state index contributed by atoms with van der Waals surface area (Å²) in [5, 5.41) is 15.0. The van der Waals surface area contributed by atoms with Crippen LogP contribution < -0.4 is 21.3 Å².